The molecule has 5 nitrogen and oxygen atoms in total. The highest BCUT2D eigenvalue weighted by atomic mass is 35.5. The van der Waals surface area contributed by atoms with E-state index in [2.05, 4.69) is 15.4 Å². The number of hydrogen-bond acceptors (Lipinski definition) is 3. The lowest BCUT2D eigenvalue weighted by molar-refractivity contribution is -0.120. The van der Waals surface area contributed by atoms with Gasteiger partial charge in [0.15, 0.2) is 0 Å². The lowest BCUT2D eigenvalue weighted by Crippen LogP contribution is -2.31. The lowest BCUT2D eigenvalue weighted by atomic mass is 10.1. The predicted octanol–water partition coefficient (Wildman–Crippen LogP) is 3.42. The van der Waals surface area contributed by atoms with Gasteiger partial charge in [0.1, 0.15) is 5.75 Å². The second-order valence-electron chi connectivity index (χ2n) is 5.64. The van der Waals surface area contributed by atoms with E-state index in [0.29, 0.717) is 23.6 Å². The Balaban J connectivity index is 1.63. The Bertz CT molecular complexity index is 753. The second kappa shape index (κ2) is 10.5. The fourth-order valence-corrected chi connectivity index (χ4v) is 2.39. The number of nitrogens with one attached hydrogen (secondary N) is 2. The summed E-state index contributed by atoms with van der Waals surface area (Å²) < 4.78 is 28.4. The van der Waals surface area contributed by atoms with Crippen molar-refractivity contribution in [2.75, 3.05) is 13.1 Å². The van der Waals surface area contributed by atoms with E-state index < -0.39 is 6.61 Å². The van der Waals surface area contributed by atoms with Crippen LogP contribution in [0.1, 0.15) is 22.3 Å². The average molecular weight is 397 g/mol. The number of amides is 2. The Kier molecular flexibility index (Phi) is 8.00. The van der Waals surface area contributed by atoms with Crippen molar-refractivity contribution in [2.45, 2.75) is 19.5 Å². The van der Waals surface area contributed by atoms with Gasteiger partial charge in [-0.15, -0.1) is 0 Å². The van der Waals surface area contributed by atoms with E-state index in [1.54, 1.807) is 36.4 Å². The third-order valence-corrected chi connectivity index (χ3v) is 3.88. The lowest BCUT2D eigenvalue weighted by Gasteiger charge is -2.08. The van der Waals surface area contributed by atoms with E-state index in [1.165, 1.54) is 12.1 Å². The molecule has 0 fully saturated rings. The van der Waals surface area contributed by atoms with Gasteiger partial charge < -0.3 is 15.4 Å². The standard InChI is InChI=1S/C19H19ClF2N2O3/c20-15-5-3-14(4-6-15)18(26)24-12-10-17(25)23-11-9-13-1-7-16(8-2-13)27-19(21)22/h1-8,19H,9-12H2,(H,23,25)(H,24,26). The maximum Gasteiger partial charge on any atom is 0.387 e. The highest BCUT2D eigenvalue weighted by molar-refractivity contribution is 6.30. The van der Waals surface area contributed by atoms with Gasteiger partial charge in [-0.05, 0) is 48.4 Å². The molecule has 0 unspecified atom stereocenters. The molecule has 2 N–H and O–H groups in total. The summed E-state index contributed by atoms with van der Waals surface area (Å²) in [5.74, 6) is -0.371. The van der Waals surface area contributed by atoms with Crippen molar-refractivity contribution in [2.24, 2.45) is 0 Å². The Labute approximate surface area is 160 Å². The van der Waals surface area contributed by atoms with Gasteiger partial charge in [0.25, 0.3) is 5.91 Å². The number of rotatable bonds is 9. The first kappa shape index (κ1) is 20.6. The summed E-state index contributed by atoms with van der Waals surface area (Å²) in [6.45, 7) is -2.23. The smallest absolute Gasteiger partial charge is 0.387 e. The van der Waals surface area contributed by atoms with Crippen LogP contribution >= 0.6 is 11.6 Å². The normalized spacial score (nSPS) is 10.5. The van der Waals surface area contributed by atoms with Crippen molar-refractivity contribution >= 4 is 23.4 Å². The van der Waals surface area contributed by atoms with E-state index in [4.69, 9.17) is 11.6 Å². The maximum atomic E-state index is 12.1. The molecule has 0 heterocycles. The summed E-state index contributed by atoms with van der Waals surface area (Å²) >= 11 is 5.76. The molecule has 0 saturated carbocycles. The molecule has 2 aromatic carbocycles. The summed E-state index contributed by atoms with van der Waals surface area (Å²) in [5.41, 5.74) is 1.35. The minimum absolute atomic E-state index is 0.0919. The van der Waals surface area contributed by atoms with Gasteiger partial charge in [0.05, 0.1) is 0 Å². The van der Waals surface area contributed by atoms with Crippen molar-refractivity contribution in [3.8, 4) is 5.75 Å². The number of carbonyl (C=O) groups is 2. The predicted molar refractivity (Wildman–Crippen MR) is 98.2 cm³/mol. The van der Waals surface area contributed by atoms with Crippen LogP contribution in [-0.4, -0.2) is 31.5 Å². The van der Waals surface area contributed by atoms with Gasteiger partial charge >= 0.3 is 6.61 Å². The third-order valence-electron chi connectivity index (χ3n) is 3.63. The van der Waals surface area contributed by atoms with Crippen molar-refractivity contribution in [3.63, 3.8) is 0 Å². The SMILES string of the molecule is O=C(CCNC(=O)c1ccc(Cl)cc1)NCCc1ccc(OC(F)F)cc1. The summed E-state index contributed by atoms with van der Waals surface area (Å²) in [6, 6.07) is 12.7. The first-order chi connectivity index (χ1) is 12.9. The number of carbonyl (C=O) groups excluding carboxylic acids is 2. The number of alkyl halides is 2. The van der Waals surface area contributed by atoms with Crippen LogP contribution in [0.15, 0.2) is 48.5 Å². The molecule has 2 aromatic rings. The Hall–Kier alpha value is -2.67. The van der Waals surface area contributed by atoms with Crippen LogP contribution in [-0.2, 0) is 11.2 Å². The number of benzene rings is 2. The van der Waals surface area contributed by atoms with Crippen LogP contribution in [0.3, 0.4) is 0 Å². The van der Waals surface area contributed by atoms with E-state index in [9.17, 15) is 18.4 Å². The molecule has 0 aliphatic carbocycles. The van der Waals surface area contributed by atoms with Crippen molar-refractivity contribution in [1.29, 1.82) is 0 Å². The molecule has 2 rings (SSSR count). The van der Waals surface area contributed by atoms with Crippen molar-refractivity contribution < 1.29 is 23.1 Å². The van der Waals surface area contributed by atoms with Gasteiger partial charge in [-0.25, -0.2) is 0 Å². The van der Waals surface area contributed by atoms with Crippen LogP contribution in [0.4, 0.5) is 8.78 Å². The molecule has 27 heavy (non-hydrogen) atoms. The molecule has 0 atom stereocenters. The molecular formula is C19H19ClF2N2O3. The van der Waals surface area contributed by atoms with Crippen molar-refractivity contribution in [3.05, 3.63) is 64.7 Å². The van der Waals surface area contributed by atoms with Gasteiger partial charge in [-0.2, -0.15) is 8.78 Å². The topological polar surface area (TPSA) is 67.4 Å². The minimum Gasteiger partial charge on any atom is -0.435 e. The Morgan fingerprint density at radius 3 is 2.26 bits per heavy atom. The Morgan fingerprint density at radius 2 is 1.63 bits per heavy atom. The highest BCUT2D eigenvalue weighted by Crippen LogP contribution is 2.15. The van der Waals surface area contributed by atoms with E-state index in [-0.39, 0.29) is 30.5 Å². The van der Waals surface area contributed by atoms with Crippen LogP contribution < -0.4 is 15.4 Å². The summed E-state index contributed by atoms with van der Waals surface area (Å²) in [4.78, 5) is 23.7. The third kappa shape index (κ3) is 7.62. The fourth-order valence-electron chi connectivity index (χ4n) is 2.27. The number of halogens is 3. The van der Waals surface area contributed by atoms with E-state index in [0.717, 1.165) is 5.56 Å². The van der Waals surface area contributed by atoms with Crippen LogP contribution in [0, 0.1) is 0 Å². The molecular weight excluding hydrogens is 378 g/mol. The first-order valence-corrected chi connectivity index (χ1v) is 8.66. The zero-order valence-corrected chi connectivity index (χ0v) is 15.1. The molecule has 0 aromatic heterocycles. The molecule has 0 bridgehead atoms. The van der Waals surface area contributed by atoms with Gasteiger partial charge in [0.2, 0.25) is 5.91 Å². The Morgan fingerprint density at radius 1 is 0.963 bits per heavy atom. The first-order valence-electron chi connectivity index (χ1n) is 8.28. The van der Waals surface area contributed by atoms with Gasteiger partial charge in [0, 0.05) is 30.1 Å². The minimum atomic E-state index is -2.85. The molecule has 0 spiro atoms. The second-order valence-corrected chi connectivity index (χ2v) is 6.07. The monoisotopic (exact) mass is 396 g/mol. The molecule has 0 aliphatic rings. The molecule has 0 radical (unpaired) electrons. The zero-order valence-electron chi connectivity index (χ0n) is 14.4. The van der Waals surface area contributed by atoms with E-state index >= 15 is 0 Å². The summed E-state index contributed by atoms with van der Waals surface area (Å²) in [6.07, 6.45) is 0.707. The van der Waals surface area contributed by atoms with Crippen LogP contribution in [0.2, 0.25) is 5.02 Å². The fraction of sp³-hybridized carbons (Fsp3) is 0.263. The zero-order chi connectivity index (χ0) is 19.6. The van der Waals surface area contributed by atoms with E-state index in [1.807, 2.05) is 0 Å². The van der Waals surface area contributed by atoms with Crippen molar-refractivity contribution in [1.82, 2.24) is 10.6 Å². The molecule has 2 amide bonds. The van der Waals surface area contributed by atoms with Gasteiger partial charge in [-0.3, -0.25) is 9.59 Å². The molecule has 0 aliphatic heterocycles. The average Bonchev–Trinajstić information content (AvgIpc) is 2.63. The maximum absolute atomic E-state index is 12.1. The largest absolute Gasteiger partial charge is 0.435 e. The quantitative estimate of drug-likeness (QED) is 0.682. The van der Waals surface area contributed by atoms with Gasteiger partial charge in [-0.1, -0.05) is 23.7 Å². The molecule has 0 saturated heterocycles. The number of ether oxygens (including phenoxy) is 1. The highest BCUT2D eigenvalue weighted by Gasteiger charge is 2.07. The molecule has 144 valence electrons. The van der Waals surface area contributed by atoms with Crippen LogP contribution in [0.25, 0.3) is 0 Å². The summed E-state index contributed by atoms with van der Waals surface area (Å²) in [7, 11) is 0. The molecule has 8 heteroatoms. The van der Waals surface area contributed by atoms with Crippen LogP contribution in [0.5, 0.6) is 5.75 Å². The summed E-state index contributed by atoms with van der Waals surface area (Å²) in [5, 5.41) is 5.94. The number of hydrogen-bond donors (Lipinski definition) is 2.